The van der Waals surface area contributed by atoms with Gasteiger partial charge in [-0.2, -0.15) is 0 Å². The summed E-state index contributed by atoms with van der Waals surface area (Å²) >= 11 is 0. The molecule has 1 aromatic heterocycles. The van der Waals surface area contributed by atoms with Gasteiger partial charge in [0.1, 0.15) is 30.0 Å². The first-order chi connectivity index (χ1) is 14.0. The van der Waals surface area contributed by atoms with Crippen molar-refractivity contribution in [2.24, 2.45) is 12.0 Å². The van der Waals surface area contributed by atoms with Crippen LogP contribution in [-0.2, 0) is 18.3 Å². The Labute approximate surface area is 170 Å². The molecule has 1 saturated heterocycles. The van der Waals surface area contributed by atoms with Gasteiger partial charge in [0, 0.05) is 20.2 Å². The molecule has 1 aliphatic heterocycles. The molecule has 0 bridgehead atoms. The molecule has 0 amide bonds. The first-order valence-corrected chi connectivity index (χ1v) is 9.92. The van der Waals surface area contributed by atoms with Crippen molar-refractivity contribution in [3.8, 4) is 5.75 Å². The molecular formula is C20H29FN6O2. The normalized spacial score (nSPS) is 17.9. The SMILES string of the molecule is Cc1nnc(CN=C(NCC(C)Oc2ccc(F)cc2)NCC2CCCO2)n1C. The molecule has 2 atom stereocenters. The van der Waals surface area contributed by atoms with E-state index >= 15 is 0 Å². The van der Waals surface area contributed by atoms with E-state index in [1.54, 1.807) is 12.1 Å². The Bertz CT molecular complexity index is 802. The van der Waals surface area contributed by atoms with Crippen LogP contribution in [-0.4, -0.2) is 52.6 Å². The zero-order valence-corrected chi connectivity index (χ0v) is 17.2. The fourth-order valence-corrected chi connectivity index (χ4v) is 2.96. The molecule has 2 aromatic rings. The average molecular weight is 404 g/mol. The second-order valence-corrected chi connectivity index (χ2v) is 7.17. The lowest BCUT2D eigenvalue weighted by atomic mass is 10.2. The van der Waals surface area contributed by atoms with Gasteiger partial charge in [-0.3, -0.25) is 0 Å². The number of aryl methyl sites for hydroxylation is 1. The smallest absolute Gasteiger partial charge is 0.191 e. The van der Waals surface area contributed by atoms with Crippen molar-refractivity contribution in [2.75, 3.05) is 19.7 Å². The van der Waals surface area contributed by atoms with E-state index in [4.69, 9.17) is 9.47 Å². The zero-order valence-electron chi connectivity index (χ0n) is 17.2. The van der Waals surface area contributed by atoms with Crippen LogP contribution in [0.5, 0.6) is 5.75 Å². The van der Waals surface area contributed by atoms with Crippen molar-refractivity contribution in [3.05, 3.63) is 41.7 Å². The summed E-state index contributed by atoms with van der Waals surface area (Å²) in [7, 11) is 1.92. The Kier molecular flexibility index (Phi) is 7.40. The zero-order chi connectivity index (χ0) is 20.6. The van der Waals surface area contributed by atoms with Crippen LogP contribution in [0.3, 0.4) is 0 Å². The van der Waals surface area contributed by atoms with E-state index in [-0.39, 0.29) is 18.0 Å². The lowest BCUT2D eigenvalue weighted by Gasteiger charge is -2.19. The van der Waals surface area contributed by atoms with Crippen molar-refractivity contribution in [1.82, 2.24) is 25.4 Å². The van der Waals surface area contributed by atoms with Crippen LogP contribution in [0.15, 0.2) is 29.3 Å². The lowest BCUT2D eigenvalue weighted by molar-refractivity contribution is 0.113. The van der Waals surface area contributed by atoms with Gasteiger partial charge in [0.25, 0.3) is 0 Å². The number of guanidine groups is 1. The molecule has 2 unspecified atom stereocenters. The van der Waals surface area contributed by atoms with E-state index < -0.39 is 0 Å². The third kappa shape index (κ3) is 6.42. The maximum atomic E-state index is 13.0. The van der Waals surface area contributed by atoms with Crippen molar-refractivity contribution >= 4 is 5.96 Å². The number of benzene rings is 1. The van der Waals surface area contributed by atoms with Crippen molar-refractivity contribution in [2.45, 2.75) is 45.4 Å². The van der Waals surface area contributed by atoms with Crippen LogP contribution in [0.2, 0.25) is 0 Å². The topological polar surface area (TPSA) is 85.6 Å². The van der Waals surface area contributed by atoms with E-state index in [2.05, 4.69) is 25.8 Å². The molecule has 1 fully saturated rings. The van der Waals surface area contributed by atoms with E-state index in [0.29, 0.717) is 31.3 Å². The molecule has 2 heterocycles. The maximum absolute atomic E-state index is 13.0. The molecular weight excluding hydrogens is 375 g/mol. The Hall–Kier alpha value is -2.68. The van der Waals surface area contributed by atoms with Crippen LogP contribution in [0.1, 0.15) is 31.4 Å². The highest BCUT2D eigenvalue weighted by Crippen LogP contribution is 2.13. The summed E-state index contributed by atoms with van der Waals surface area (Å²) < 4.78 is 26.4. The van der Waals surface area contributed by atoms with E-state index in [0.717, 1.165) is 31.1 Å². The van der Waals surface area contributed by atoms with Gasteiger partial charge in [-0.1, -0.05) is 0 Å². The molecule has 0 aliphatic carbocycles. The first-order valence-electron chi connectivity index (χ1n) is 9.92. The Morgan fingerprint density at radius 3 is 2.79 bits per heavy atom. The Morgan fingerprint density at radius 2 is 2.14 bits per heavy atom. The molecule has 0 radical (unpaired) electrons. The molecule has 0 saturated carbocycles. The summed E-state index contributed by atoms with van der Waals surface area (Å²) in [4.78, 5) is 4.63. The summed E-state index contributed by atoms with van der Waals surface area (Å²) in [6.45, 7) is 6.30. The Morgan fingerprint density at radius 1 is 1.34 bits per heavy atom. The van der Waals surface area contributed by atoms with Gasteiger partial charge in [0.15, 0.2) is 11.8 Å². The second-order valence-electron chi connectivity index (χ2n) is 7.17. The summed E-state index contributed by atoms with van der Waals surface area (Å²) in [6.07, 6.45) is 2.21. The van der Waals surface area contributed by atoms with Gasteiger partial charge in [0.2, 0.25) is 0 Å². The highest BCUT2D eigenvalue weighted by Gasteiger charge is 2.16. The average Bonchev–Trinajstić information content (AvgIpc) is 3.34. The third-order valence-corrected chi connectivity index (χ3v) is 4.79. The molecule has 3 rings (SSSR count). The number of nitrogens with zero attached hydrogens (tertiary/aromatic N) is 4. The molecule has 1 aromatic carbocycles. The van der Waals surface area contributed by atoms with E-state index in [1.807, 2.05) is 25.5 Å². The first kappa shape index (κ1) is 21.0. The predicted octanol–water partition coefficient (Wildman–Crippen LogP) is 1.94. The second kappa shape index (κ2) is 10.2. The number of nitrogens with one attached hydrogen (secondary N) is 2. The fraction of sp³-hybridized carbons (Fsp3) is 0.550. The van der Waals surface area contributed by atoms with Gasteiger partial charge in [-0.15, -0.1) is 10.2 Å². The van der Waals surface area contributed by atoms with Crippen molar-refractivity contribution in [1.29, 1.82) is 0 Å². The number of hydrogen-bond donors (Lipinski definition) is 2. The highest BCUT2D eigenvalue weighted by atomic mass is 19.1. The van der Waals surface area contributed by atoms with Crippen LogP contribution < -0.4 is 15.4 Å². The van der Waals surface area contributed by atoms with Gasteiger partial charge in [-0.05, 0) is 51.0 Å². The summed E-state index contributed by atoms with van der Waals surface area (Å²) in [5, 5.41) is 14.9. The fourth-order valence-electron chi connectivity index (χ4n) is 2.96. The molecule has 1 aliphatic rings. The van der Waals surface area contributed by atoms with E-state index in [9.17, 15) is 4.39 Å². The van der Waals surface area contributed by atoms with E-state index in [1.165, 1.54) is 12.1 Å². The van der Waals surface area contributed by atoms with Crippen LogP contribution in [0.4, 0.5) is 4.39 Å². The summed E-state index contributed by atoms with van der Waals surface area (Å²) in [5.74, 6) is 2.64. The van der Waals surface area contributed by atoms with Crippen molar-refractivity contribution in [3.63, 3.8) is 0 Å². The van der Waals surface area contributed by atoms with Gasteiger partial charge in [0.05, 0.1) is 12.6 Å². The number of aromatic nitrogens is 3. The van der Waals surface area contributed by atoms with Crippen LogP contribution >= 0.6 is 0 Å². The van der Waals surface area contributed by atoms with Gasteiger partial charge >= 0.3 is 0 Å². The number of aliphatic imine (C=N–C) groups is 1. The highest BCUT2D eigenvalue weighted by molar-refractivity contribution is 5.79. The van der Waals surface area contributed by atoms with Crippen molar-refractivity contribution < 1.29 is 13.9 Å². The minimum atomic E-state index is -0.283. The quantitative estimate of drug-likeness (QED) is 0.517. The number of ether oxygens (including phenoxy) is 2. The maximum Gasteiger partial charge on any atom is 0.191 e. The summed E-state index contributed by atoms with van der Waals surface area (Å²) in [6, 6.07) is 6.00. The van der Waals surface area contributed by atoms with Crippen LogP contribution in [0.25, 0.3) is 0 Å². The molecule has 158 valence electrons. The molecule has 29 heavy (non-hydrogen) atoms. The number of halogens is 1. The minimum absolute atomic E-state index is 0.132. The largest absolute Gasteiger partial charge is 0.489 e. The molecule has 0 spiro atoms. The standard InChI is InChI=1S/C20H29FN6O2/c1-14(29-17-8-6-16(21)7-9-17)11-22-20(23-12-18-5-4-10-28-18)24-13-19-26-25-15(2)27(19)3/h6-9,14,18H,4-5,10-13H2,1-3H3,(H2,22,23,24). The monoisotopic (exact) mass is 404 g/mol. The van der Waals surface area contributed by atoms with Crippen LogP contribution in [0, 0.1) is 12.7 Å². The van der Waals surface area contributed by atoms with Gasteiger partial charge in [-0.25, -0.2) is 9.38 Å². The molecule has 2 N–H and O–H groups in total. The minimum Gasteiger partial charge on any atom is -0.489 e. The predicted molar refractivity (Wildman–Crippen MR) is 108 cm³/mol. The van der Waals surface area contributed by atoms with Gasteiger partial charge < -0.3 is 24.7 Å². The third-order valence-electron chi connectivity index (χ3n) is 4.79. The molecule has 9 heteroatoms. The number of rotatable bonds is 8. The lowest BCUT2D eigenvalue weighted by Crippen LogP contribution is -2.44. The Balaban J connectivity index is 1.56. The number of hydrogen-bond acceptors (Lipinski definition) is 5. The summed E-state index contributed by atoms with van der Waals surface area (Å²) in [5.41, 5.74) is 0. The molecule has 8 nitrogen and oxygen atoms in total.